The Kier molecular flexibility index (Phi) is 7.07. The molecule has 0 radical (unpaired) electrons. The maximum absolute atomic E-state index is 13.5. The Labute approximate surface area is 205 Å². The molecule has 0 aromatic heterocycles. The lowest BCUT2D eigenvalue weighted by atomic mass is 10.1. The number of nitrogens with zero attached hydrogens (tertiary/aromatic N) is 6. The number of aryl methyl sites for hydroxylation is 1. The molecule has 1 fully saturated rings. The van der Waals surface area contributed by atoms with Crippen LogP contribution in [0, 0.1) is 0 Å². The van der Waals surface area contributed by atoms with Crippen molar-refractivity contribution in [2.45, 2.75) is 39.8 Å². The predicted molar refractivity (Wildman–Crippen MR) is 135 cm³/mol. The van der Waals surface area contributed by atoms with Crippen LogP contribution < -0.4 is 5.56 Å². The number of hydrogen-bond acceptors (Lipinski definition) is 5. The minimum atomic E-state index is -0.250. The van der Waals surface area contributed by atoms with Gasteiger partial charge < -0.3 is 14.4 Å². The van der Waals surface area contributed by atoms with E-state index in [4.69, 9.17) is 0 Å². The molecule has 0 atom stereocenters. The molecular formula is C26H34N6O3. The normalized spacial score (nSPS) is 14.8. The lowest BCUT2D eigenvalue weighted by molar-refractivity contribution is -0.136. The van der Waals surface area contributed by atoms with Gasteiger partial charge in [0.1, 0.15) is 5.69 Å². The lowest BCUT2D eigenvalue weighted by Gasteiger charge is -2.37. The summed E-state index contributed by atoms with van der Waals surface area (Å²) in [6.07, 6.45) is 3.44. The van der Waals surface area contributed by atoms with Crippen molar-refractivity contribution in [3.8, 4) is 16.9 Å². The van der Waals surface area contributed by atoms with Crippen molar-refractivity contribution in [3.63, 3.8) is 0 Å². The molecule has 3 aliphatic heterocycles. The SMILES string of the molecule is CC(C)N(C(=O)CN1CCN(C(=O)c2cn(C)cc3c(=O)n(-c4ccccc4)nc2-3)CC1)C(C)C. The largest absolute Gasteiger partial charge is 0.356 e. The van der Waals surface area contributed by atoms with Gasteiger partial charge in [0.15, 0.2) is 0 Å². The van der Waals surface area contributed by atoms with E-state index in [-0.39, 0.29) is 29.5 Å². The van der Waals surface area contributed by atoms with Gasteiger partial charge in [-0.2, -0.15) is 9.78 Å². The fraction of sp³-hybridized carbons (Fsp3) is 0.462. The molecule has 3 heterocycles. The molecule has 35 heavy (non-hydrogen) atoms. The summed E-state index contributed by atoms with van der Waals surface area (Å²) in [6, 6.07) is 9.49. The van der Waals surface area contributed by atoms with Gasteiger partial charge in [-0.25, -0.2) is 0 Å². The summed E-state index contributed by atoms with van der Waals surface area (Å²) in [5, 5.41) is 4.53. The van der Waals surface area contributed by atoms with E-state index in [0.29, 0.717) is 55.2 Å². The van der Waals surface area contributed by atoms with Gasteiger partial charge in [0.25, 0.3) is 11.5 Å². The highest BCUT2D eigenvalue weighted by Gasteiger charge is 2.30. The smallest absolute Gasteiger partial charge is 0.282 e. The Hall–Kier alpha value is -3.46. The number of para-hydroxylation sites is 1. The van der Waals surface area contributed by atoms with Crippen LogP contribution in [0.5, 0.6) is 0 Å². The second-order valence-electron chi connectivity index (χ2n) is 9.71. The van der Waals surface area contributed by atoms with Crippen molar-refractivity contribution in [1.29, 1.82) is 0 Å². The van der Waals surface area contributed by atoms with Gasteiger partial charge in [-0.1, -0.05) is 18.2 Å². The highest BCUT2D eigenvalue weighted by Crippen LogP contribution is 2.23. The third-order valence-electron chi connectivity index (χ3n) is 6.45. The van der Waals surface area contributed by atoms with Crippen LogP contribution in [0.1, 0.15) is 38.1 Å². The van der Waals surface area contributed by atoms with Crippen LogP contribution in [-0.4, -0.2) is 85.7 Å². The van der Waals surface area contributed by atoms with E-state index in [1.807, 2.05) is 62.9 Å². The number of amides is 2. The molecule has 1 saturated heterocycles. The van der Waals surface area contributed by atoms with E-state index in [9.17, 15) is 14.4 Å². The van der Waals surface area contributed by atoms with E-state index in [0.717, 1.165) is 0 Å². The molecule has 3 aliphatic rings. The zero-order chi connectivity index (χ0) is 25.3. The molecule has 1 aromatic carbocycles. The van der Waals surface area contributed by atoms with Gasteiger partial charge in [-0.05, 0) is 39.8 Å². The van der Waals surface area contributed by atoms with E-state index in [1.54, 1.807) is 28.9 Å². The third kappa shape index (κ3) is 5.00. The Bertz CT molecular complexity index is 1210. The summed E-state index contributed by atoms with van der Waals surface area (Å²) < 4.78 is 3.08. The van der Waals surface area contributed by atoms with Gasteiger partial charge in [0.2, 0.25) is 5.91 Å². The topological polar surface area (TPSA) is 83.7 Å². The monoisotopic (exact) mass is 478 g/mol. The van der Waals surface area contributed by atoms with Crippen LogP contribution in [0.2, 0.25) is 0 Å². The second kappa shape index (κ2) is 10.0. The molecule has 4 rings (SSSR count). The van der Waals surface area contributed by atoms with Crippen molar-refractivity contribution in [2.75, 3.05) is 32.7 Å². The summed E-state index contributed by atoms with van der Waals surface area (Å²) in [5.74, 6) is -0.0399. The standard InChI is InChI=1S/C26H34N6O3/c1-18(2)31(19(3)4)23(33)17-29-11-13-30(14-12-29)25(34)21-15-28(5)16-22-24(21)27-32(26(22)35)20-9-7-6-8-10-20/h6-10,15-16,18-19H,11-14,17H2,1-5H3. The third-order valence-corrected chi connectivity index (χ3v) is 6.45. The molecule has 9 nitrogen and oxygen atoms in total. The van der Waals surface area contributed by atoms with Gasteiger partial charge in [-0.3, -0.25) is 19.3 Å². The van der Waals surface area contributed by atoms with E-state index >= 15 is 0 Å². The maximum Gasteiger partial charge on any atom is 0.282 e. The first kappa shape index (κ1) is 24.7. The van der Waals surface area contributed by atoms with Crippen LogP contribution in [0.15, 0.2) is 47.5 Å². The Morgan fingerprint density at radius 2 is 1.60 bits per heavy atom. The highest BCUT2D eigenvalue weighted by molar-refractivity contribution is 6.00. The minimum absolute atomic E-state index is 0.112. The van der Waals surface area contributed by atoms with E-state index in [1.165, 1.54) is 4.68 Å². The lowest BCUT2D eigenvalue weighted by Crippen LogP contribution is -2.53. The van der Waals surface area contributed by atoms with Crippen LogP contribution in [0.3, 0.4) is 0 Å². The van der Waals surface area contributed by atoms with Crippen LogP contribution >= 0.6 is 0 Å². The molecule has 186 valence electrons. The first-order chi connectivity index (χ1) is 16.7. The van der Waals surface area contributed by atoms with Gasteiger partial charge >= 0.3 is 0 Å². The Balaban J connectivity index is 1.51. The number of aromatic nitrogens is 3. The number of benzene rings is 1. The molecule has 2 amide bonds. The van der Waals surface area contributed by atoms with Crippen LogP contribution in [-0.2, 0) is 11.8 Å². The predicted octanol–water partition coefficient (Wildman–Crippen LogP) is 2.08. The zero-order valence-corrected chi connectivity index (χ0v) is 21.1. The van der Waals surface area contributed by atoms with Gasteiger partial charge in [0, 0.05) is 57.7 Å². The number of carbonyl (C=O) groups excluding carboxylic acids is 2. The zero-order valence-electron chi connectivity index (χ0n) is 21.1. The second-order valence-corrected chi connectivity index (χ2v) is 9.71. The van der Waals surface area contributed by atoms with Crippen molar-refractivity contribution < 1.29 is 9.59 Å². The van der Waals surface area contributed by atoms with Crippen molar-refractivity contribution >= 4 is 11.8 Å². The molecule has 0 bridgehead atoms. The first-order valence-corrected chi connectivity index (χ1v) is 12.1. The molecule has 9 heteroatoms. The first-order valence-electron chi connectivity index (χ1n) is 12.1. The Morgan fingerprint density at radius 3 is 2.20 bits per heavy atom. The summed E-state index contributed by atoms with van der Waals surface area (Å²) in [4.78, 5) is 45.2. The molecule has 0 saturated carbocycles. The number of piperazine rings is 1. The number of hydrogen-bond donors (Lipinski definition) is 0. The quantitative estimate of drug-likeness (QED) is 0.542. The average molecular weight is 479 g/mol. The van der Waals surface area contributed by atoms with Crippen LogP contribution in [0.4, 0.5) is 0 Å². The summed E-state index contributed by atoms with van der Waals surface area (Å²) in [5.41, 5.74) is 1.63. The van der Waals surface area contributed by atoms with Gasteiger partial charge in [0.05, 0.1) is 23.4 Å². The minimum Gasteiger partial charge on any atom is -0.356 e. The number of fused-ring (bicyclic) bond motifs is 1. The van der Waals surface area contributed by atoms with E-state index < -0.39 is 0 Å². The maximum atomic E-state index is 13.5. The van der Waals surface area contributed by atoms with Crippen LogP contribution in [0.25, 0.3) is 16.9 Å². The molecule has 0 spiro atoms. The van der Waals surface area contributed by atoms with E-state index in [2.05, 4.69) is 10.00 Å². The fourth-order valence-electron chi connectivity index (χ4n) is 4.86. The summed E-state index contributed by atoms with van der Waals surface area (Å²) in [6.45, 7) is 10.7. The molecule has 0 aliphatic carbocycles. The molecule has 0 unspecified atom stereocenters. The Morgan fingerprint density at radius 1 is 0.971 bits per heavy atom. The highest BCUT2D eigenvalue weighted by atomic mass is 16.2. The summed E-state index contributed by atoms with van der Waals surface area (Å²) >= 11 is 0. The molecule has 1 aromatic rings. The number of rotatable bonds is 6. The fourth-order valence-corrected chi connectivity index (χ4v) is 4.86. The molecule has 0 N–H and O–H groups in total. The van der Waals surface area contributed by atoms with Crippen molar-refractivity contribution in [1.82, 2.24) is 29.0 Å². The number of carbonyl (C=O) groups is 2. The number of pyridine rings is 1. The van der Waals surface area contributed by atoms with Crippen molar-refractivity contribution in [2.24, 2.45) is 7.05 Å². The average Bonchev–Trinajstić information content (AvgIpc) is 3.15. The molecular weight excluding hydrogens is 444 g/mol. The van der Waals surface area contributed by atoms with Crippen molar-refractivity contribution in [3.05, 3.63) is 58.6 Å². The summed E-state index contributed by atoms with van der Waals surface area (Å²) in [7, 11) is 1.80. The van der Waals surface area contributed by atoms with Gasteiger partial charge in [-0.15, -0.1) is 0 Å².